The molecular weight excluding hydrogens is 625 g/mol. The maximum absolute atomic E-state index is 6.31. The van der Waals surface area contributed by atoms with Crippen LogP contribution in [0.5, 0.6) is 0 Å². The average Bonchev–Trinajstić information content (AvgIpc) is 3.86. The maximum atomic E-state index is 6.31. The Balaban J connectivity index is 1.16. The van der Waals surface area contributed by atoms with Gasteiger partial charge in [0.1, 0.15) is 5.58 Å². The zero-order valence-corrected chi connectivity index (χ0v) is 27.4. The molecule has 238 valence electrons. The molecule has 0 aliphatic rings. The minimum absolute atomic E-state index is 0.586. The summed E-state index contributed by atoms with van der Waals surface area (Å²) < 4.78 is 11.1. The summed E-state index contributed by atoms with van der Waals surface area (Å²) in [4.78, 5) is 10.2. The van der Waals surface area contributed by atoms with Crippen molar-refractivity contribution >= 4 is 65.7 Å². The van der Waals surface area contributed by atoms with E-state index in [2.05, 4.69) is 143 Å². The standard InChI is InChI=1S/C46H28N4O/c1-3-13-29(14-4-1)42-41-37-19-9-12-22-40(37)51-46(41)48-45(47-42)30-23-25-32(26-24-30)50-39-21-11-8-18-34(39)36-28-27-35-33-17-7-10-20-38(33)49(43(35)44(36)50)31-15-5-2-6-16-31/h1-28H. The van der Waals surface area contributed by atoms with Crippen molar-refractivity contribution < 1.29 is 4.42 Å². The van der Waals surface area contributed by atoms with Gasteiger partial charge in [-0.15, -0.1) is 0 Å². The van der Waals surface area contributed by atoms with Crippen molar-refractivity contribution in [3.63, 3.8) is 0 Å². The highest BCUT2D eigenvalue weighted by molar-refractivity contribution is 6.23. The van der Waals surface area contributed by atoms with E-state index in [1.165, 1.54) is 38.1 Å². The summed E-state index contributed by atoms with van der Waals surface area (Å²) >= 11 is 0. The Morgan fingerprint density at radius 2 is 0.922 bits per heavy atom. The van der Waals surface area contributed by atoms with E-state index in [0.29, 0.717) is 11.5 Å². The Morgan fingerprint density at radius 3 is 1.57 bits per heavy atom. The number of hydrogen-bond acceptors (Lipinski definition) is 3. The maximum Gasteiger partial charge on any atom is 0.231 e. The SMILES string of the molecule is c1ccc(-c2nc(-c3ccc(-n4c5ccccc5c5ccc6c7ccccc7n(-c7ccccc7)c6c54)cc3)nc3oc4ccccc4c23)cc1. The zero-order chi connectivity index (χ0) is 33.5. The Morgan fingerprint density at radius 1 is 0.392 bits per heavy atom. The summed E-state index contributed by atoms with van der Waals surface area (Å²) in [6.45, 7) is 0. The molecule has 4 aromatic heterocycles. The van der Waals surface area contributed by atoms with E-state index in [-0.39, 0.29) is 0 Å². The topological polar surface area (TPSA) is 48.8 Å². The summed E-state index contributed by atoms with van der Waals surface area (Å²) in [6, 6.07) is 59.6. The van der Waals surface area contributed by atoms with Crippen molar-refractivity contribution in [3.05, 3.63) is 170 Å². The van der Waals surface area contributed by atoms with E-state index in [1.807, 2.05) is 36.4 Å². The molecule has 0 aliphatic heterocycles. The van der Waals surface area contributed by atoms with E-state index < -0.39 is 0 Å². The number of aromatic nitrogens is 4. The van der Waals surface area contributed by atoms with Gasteiger partial charge in [-0.1, -0.05) is 115 Å². The average molecular weight is 653 g/mol. The summed E-state index contributed by atoms with van der Waals surface area (Å²) in [7, 11) is 0. The van der Waals surface area contributed by atoms with Crippen LogP contribution >= 0.6 is 0 Å². The molecule has 5 heteroatoms. The van der Waals surface area contributed by atoms with Gasteiger partial charge in [-0.25, -0.2) is 4.98 Å². The van der Waals surface area contributed by atoms with Gasteiger partial charge in [0.2, 0.25) is 5.71 Å². The number of rotatable bonds is 4. The lowest BCUT2D eigenvalue weighted by atomic mass is 10.1. The van der Waals surface area contributed by atoms with Crippen LogP contribution < -0.4 is 0 Å². The first kappa shape index (κ1) is 27.9. The fourth-order valence-electron chi connectivity index (χ4n) is 7.93. The van der Waals surface area contributed by atoms with Crippen LogP contribution in [-0.2, 0) is 0 Å². The summed E-state index contributed by atoms with van der Waals surface area (Å²) in [5, 5.41) is 6.84. The first-order valence-electron chi connectivity index (χ1n) is 17.2. The summed E-state index contributed by atoms with van der Waals surface area (Å²) in [5.41, 5.74) is 11.1. The molecule has 0 amide bonds. The van der Waals surface area contributed by atoms with Crippen LogP contribution in [0.4, 0.5) is 0 Å². The van der Waals surface area contributed by atoms with Crippen LogP contribution in [0, 0.1) is 0 Å². The molecule has 0 bridgehead atoms. The highest BCUT2D eigenvalue weighted by atomic mass is 16.3. The largest absolute Gasteiger partial charge is 0.438 e. The molecule has 11 aromatic rings. The third kappa shape index (κ3) is 4.09. The number of fused-ring (bicyclic) bond motifs is 10. The Kier molecular flexibility index (Phi) is 5.89. The normalized spacial score (nSPS) is 11.9. The molecule has 4 heterocycles. The number of nitrogens with zero attached hydrogens (tertiary/aromatic N) is 4. The van der Waals surface area contributed by atoms with E-state index in [1.54, 1.807) is 0 Å². The fraction of sp³-hybridized carbons (Fsp3) is 0. The van der Waals surface area contributed by atoms with Gasteiger partial charge in [-0.3, -0.25) is 0 Å². The Bertz CT molecular complexity index is 3120. The summed E-state index contributed by atoms with van der Waals surface area (Å²) in [5.74, 6) is 0.626. The first-order chi connectivity index (χ1) is 25.3. The van der Waals surface area contributed by atoms with Crippen molar-refractivity contribution in [2.75, 3.05) is 0 Å². The van der Waals surface area contributed by atoms with E-state index in [9.17, 15) is 0 Å². The van der Waals surface area contributed by atoms with Crippen LogP contribution in [0.15, 0.2) is 174 Å². The second-order valence-corrected chi connectivity index (χ2v) is 13.0. The molecular formula is C46H28N4O. The molecule has 0 radical (unpaired) electrons. The summed E-state index contributed by atoms with van der Waals surface area (Å²) in [6.07, 6.45) is 0. The molecule has 0 saturated carbocycles. The third-order valence-electron chi connectivity index (χ3n) is 10.2. The van der Waals surface area contributed by atoms with Crippen molar-refractivity contribution in [2.45, 2.75) is 0 Å². The van der Waals surface area contributed by atoms with Crippen LogP contribution in [0.2, 0.25) is 0 Å². The molecule has 0 spiro atoms. The van der Waals surface area contributed by atoms with Gasteiger partial charge in [0.05, 0.1) is 33.1 Å². The second kappa shape index (κ2) is 10.8. The lowest BCUT2D eigenvalue weighted by Crippen LogP contribution is -1.99. The van der Waals surface area contributed by atoms with Gasteiger partial charge in [-0.2, -0.15) is 4.98 Å². The number of benzene rings is 7. The molecule has 7 aromatic carbocycles. The van der Waals surface area contributed by atoms with E-state index in [4.69, 9.17) is 14.4 Å². The van der Waals surface area contributed by atoms with Gasteiger partial charge in [-0.05, 0) is 54.6 Å². The molecule has 0 N–H and O–H groups in total. The predicted molar refractivity (Wildman–Crippen MR) is 209 cm³/mol. The molecule has 0 fully saturated rings. The first-order valence-corrected chi connectivity index (χ1v) is 17.2. The number of hydrogen-bond donors (Lipinski definition) is 0. The lowest BCUT2D eigenvalue weighted by molar-refractivity contribution is 0.653. The van der Waals surface area contributed by atoms with Crippen LogP contribution in [0.3, 0.4) is 0 Å². The second-order valence-electron chi connectivity index (χ2n) is 13.0. The third-order valence-corrected chi connectivity index (χ3v) is 10.2. The number of furan rings is 1. The van der Waals surface area contributed by atoms with E-state index >= 15 is 0 Å². The molecule has 51 heavy (non-hydrogen) atoms. The van der Waals surface area contributed by atoms with Crippen LogP contribution in [0.25, 0.3) is 99.7 Å². The molecule has 0 atom stereocenters. The highest BCUT2D eigenvalue weighted by Gasteiger charge is 2.22. The van der Waals surface area contributed by atoms with Gasteiger partial charge >= 0.3 is 0 Å². The Labute approximate surface area is 292 Å². The highest BCUT2D eigenvalue weighted by Crippen LogP contribution is 2.42. The smallest absolute Gasteiger partial charge is 0.231 e. The Hall–Kier alpha value is -6.98. The predicted octanol–water partition coefficient (Wildman–Crippen LogP) is 11.9. The van der Waals surface area contributed by atoms with Crippen molar-refractivity contribution in [3.8, 4) is 34.0 Å². The molecule has 11 rings (SSSR count). The van der Waals surface area contributed by atoms with Crippen LogP contribution in [-0.4, -0.2) is 19.1 Å². The van der Waals surface area contributed by atoms with Gasteiger partial charge in [0, 0.05) is 49.4 Å². The quantitative estimate of drug-likeness (QED) is 0.190. The van der Waals surface area contributed by atoms with Crippen LogP contribution in [0.1, 0.15) is 0 Å². The van der Waals surface area contributed by atoms with Crippen molar-refractivity contribution in [1.29, 1.82) is 0 Å². The molecule has 5 nitrogen and oxygen atoms in total. The molecule has 0 aliphatic carbocycles. The van der Waals surface area contributed by atoms with E-state index in [0.717, 1.165) is 50.1 Å². The van der Waals surface area contributed by atoms with Gasteiger partial charge < -0.3 is 13.6 Å². The van der Waals surface area contributed by atoms with Gasteiger partial charge in [0.25, 0.3) is 0 Å². The molecule has 0 unspecified atom stereocenters. The minimum Gasteiger partial charge on any atom is -0.438 e. The minimum atomic E-state index is 0.586. The lowest BCUT2D eigenvalue weighted by Gasteiger charge is -2.13. The zero-order valence-electron chi connectivity index (χ0n) is 27.4. The van der Waals surface area contributed by atoms with Gasteiger partial charge in [0.15, 0.2) is 5.82 Å². The molecule has 0 saturated heterocycles. The monoisotopic (exact) mass is 652 g/mol. The number of para-hydroxylation sites is 4. The van der Waals surface area contributed by atoms with Crippen molar-refractivity contribution in [2.24, 2.45) is 0 Å². The fourth-order valence-corrected chi connectivity index (χ4v) is 7.93. The van der Waals surface area contributed by atoms with Crippen molar-refractivity contribution in [1.82, 2.24) is 19.1 Å².